The highest BCUT2D eigenvalue weighted by atomic mass is 15.2. The first-order chi connectivity index (χ1) is 14.4. The molecule has 0 saturated heterocycles. The van der Waals surface area contributed by atoms with E-state index in [9.17, 15) is 0 Å². The maximum Gasteiger partial charge on any atom is 0.149 e. The van der Waals surface area contributed by atoms with E-state index >= 15 is 0 Å². The lowest BCUT2D eigenvalue weighted by Gasteiger charge is -2.32. The highest BCUT2D eigenvalue weighted by Gasteiger charge is 2.27. The summed E-state index contributed by atoms with van der Waals surface area (Å²) in [7, 11) is 0. The molecule has 29 heavy (non-hydrogen) atoms. The molecule has 3 aromatic carbocycles. The fourth-order valence-electron chi connectivity index (χ4n) is 4.11. The van der Waals surface area contributed by atoms with Crippen LogP contribution in [0.3, 0.4) is 0 Å². The molecule has 0 atom stereocenters. The summed E-state index contributed by atoms with van der Waals surface area (Å²) in [6.45, 7) is 0. The maximum absolute atomic E-state index is 4.68. The van der Waals surface area contributed by atoms with Gasteiger partial charge in [0.2, 0.25) is 0 Å². The van der Waals surface area contributed by atoms with Gasteiger partial charge in [-0.2, -0.15) is 0 Å². The summed E-state index contributed by atoms with van der Waals surface area (Å²) in [5.74, 6) is 0.885. The van der Waals surface area contributed by atoms with E-state index in [0.717, 1.165) is 39.2 Å². The number of hydrogen-bond donors (Lipinski definition) is 0. The van der Waals surface area contributed by atoms with Crippen LogP contribution in [0.4, 0.5) is 17.2 Å². The first-order valence-electron chi connectivity index (χ1n) is 9.54. The minimum Gasteiger partial charge on any atom is -0.292 e. The largest absolute Gasteiger partial charge is 0.292 e. The van der Waals surface area contributed by atoms with Gasteiger partial charge >= 0.3 is 0 Å². The molecular weight excluding hydrogens is 356 g/mol. The average molecular weight is 372 g/mol. The molecule has 3 heterocycles. The van der Waals surface area contributed by atoms with Crippen molar-refractivity contribution in [2.24, 2.45) is 0 Å². The smallest absolute Gasteiger partial charge is 0.149 e. The number of rotatable bonds is 2. The van der Waals surface area contributed by atoms with Crippen LogP contribution in [0.15, 0.2) is 97.6 Å². The summed E-state index contributed by atoms with van der Waals surface area (Å²) in [4.78, 5) is 15.8. The van der Waals surface area contributed by atoms with Gasteiger partial charge in [0.05, 0.1) is 28.5 Å². The second-order valence-electron chi connectivity index (χ2n) is 7.05. The van der Waals surface area contributed by atoms with Crippen LogP contribution in [-0.2, 0) is 0 Å². The summed E-state index contributed by atoms with van der Waals surface area (Å²) < 4.78 is 0. The molecule has 6 rings (SSSR count). The predicted molar refractivity (Wildman–Crippen MR) is 116 cm³/mol. The lowest BCUT2D eigenvalue weighted by molar-refractivity contribution is 1.13. The second-order valence-corrected chi connectivity index (χ2v) is 7.05. The lowest BCUT2D eigenvalue weighted by atomic mass is 9.91. The van der Waals surface area contributed by atoms with Crippen molar-refractivity contribution in [1.82, 2.24) is 15.0 Å². The van der Waals surface area contributed by atoms with Crippen molar-refractivity contribution in [3.8, 4) is 22.3 Å². The third kappa shape index (κ3) is 2.43. The van der Waals surface area contributed by atoms with Crippen molar-refractivity contribution in [3.63, 3.8) is 0 Å². The van der Waals surface area contributed by atoms with E-state index in [1.54, 1.807) is 12.5 Å². The van der Waals surface area contributed by atoms with E-state index < -0.39 is 0 Å². The second kappa shape index (κ2) is 6.24. The molecule has 0 N–H and O–H groups in total. The van der Waals surface area contributed by atoms with Gasteiger partial charge in [-0.1, -0.05) is 48.5 Å². The molecule has 136 valence electrons. The Hall–Kier alpha value is -4.05. The zero-order valence-electron chi connectivity index (χ0n) is 15.5. The van der Waals surface area contributed by atoms with Gasteiger partial charge in [-0.3, -0.25) is 9.88 Å². The number of para-hydroxylation sites is 1. The molecule has 0 radical (unpaired) electrons. The van der Waals surface area contributed by atoms with Crippen molar-refractivity contribution >= 4 is 28.1 Å². The third-order valence-corrected chi connectivity index (χ3v) is 5.38. The van der Waals surface area contributed by atoms with Crippen LogP contribution in [0.5, 0.6) is 0 Å². The van der Waals surface area contributed by atoms with Crippen LogP contribution < -0.4 is 4.90 Å². The predicted octanol–water partition coefficient (Wildman–Crippen LogP) is 6.14. The van der Waals surface area contributed by atoms with E-state index in [-0.39, 0.29) is 0 Å². The molecule has 0 unspecified atom stereocenters. The van der Waals surface area contributed by atoms with Gasteiger partial charge in [0.1, 0.15) is 12.1 Å². The van der Waals surface area contributed by atoms with Gasteiger partial charge in [0, 0.05) is 11.8 Å². The number of pyridine rings is 1. The number of nitrogens with zero attached hydrogens (tertiary/aromatic N) is 4. The summed E-state index contributed by atoms with van der Waals surface area (Å²) in [5, 5.41) is 1.06. The van der Waals surface area contributed by atoms with Crippen molar-refractivity contribution in [2.75, 3.05) is 4.90 Å². The molecule has 0 amide bonds. The number of hydrogen-bond acceptors (Lipinski definition) is 4. The zero-order chi connectivity index (χ0) is 19.2. The first-order valence-corrected chi connectivity index (χ1v) is 9.54. The normalized spacial score (nSPS) is 12.1. The third-order valence-electron chi connectivity index (χ3n) is 5.38. The zero-order valence-corrected chi connectivity index (χ0v) is 15.5. The Morgan fingerprint density at radius 3 is 2.41 bits per heavy atom. The van der Waals surface area contributed by atoms with Crippen LogP contribution in [0.2, 0.25) is 0 Å². The standard InChI is InChI=1S/C25H16N4/c1-2-7-17(8-3-1)18-13-21-20-10-4-5-11-23(20)29(19-9-6-12-26-15-19)25-24(21)22(14-18)27-16-28-25/h1-16H. The van der Waals surface area contributed by atoms with E-state index in [4.69, 9.17) is 0 Å². The molecule has 4 nitrogen and oxygen atoms in total. The fraction of sp³-hybridized carbons (Fsp3) is 0. The van der Waals surface area contributed by atoms with Gasteiger partial charge in [-0.05, 0) is 47.0 Å². The molecule has 0 spiro atoms. The van der Waals surface area contributed by atoms with Crippen molar-refractivity contribution in [2.45, 2.75) is 0 Å². The van der Waals surface area contributed by atoms with Gasteiger partial charge in [0.15, 0.2) is 0 Å². The highest BCUT2D eigenvalue weighted by Crippen LogP contribution is 2.50. The highest BCUT2D eigenvalue weighted by molar-refractivity contribution is 6.12. The Balaban J connectivity index is 1.71. The SMILES string of the molecule is c1ccc(-c2cc3c4c(ncnc4c2)N(c2cccnc2)c2ccccc2-3)cc1. The van der Waals surface area contributed by atoms with E-state index in [0.29, 0.717) is 0 Å². The Morgan fingerprint density at radius 2 is 1.55 bits per heavy atom. The molecule has 5 aromatic rings. The van der Waals surface area contributed by atoms with Crippen LogP contribution >= 0.6 is 0 Å². The molecule has 0 fully saturated rings. The number of anilines is 3. The molecule has 0 aliphatic carbocycles. The summed E-state index contributed by atoms with van der Waals surface area (Å²) in [5.41, 5.74) is 7.68. The Labute approximate surface area is 168 Å². The first kappa shape index (κ1) is 16.0. The quantitative estimate of drug-likeness (QED) is 0.366. The molecule has 0 bridgehead atoms. The maximum atomic E-state index is 4.68. The molecule has 4 heteroatoms. The lowest BCUT2D eigenvalue weighted by Crippen LogP contribution is -2.17. The molecule has 1 aliphatic rings. The topological polar surface area (TPSA) is 41.9 Å². The number of fused-ring (bicyclic) bond motifs is 2. The Morgan fingerprint density at radius 1 is 0.690 bits per heavy atom. The van der Waals surface area contributed by atoms with Crippen molar-refractivity contribution in [3.05, 3.63) is 97.6 Å². The summed E-state index contributed by atoms with van der Waals surface area (Å²) >= 11 is 0. The van der Waals surface area contributed by atoms with E-state index in [1.807, 2.05) is 18.3 Å². The number of benzene rings is 3. The van der Waals surface area contributed by atoms with Crippen LogP contribution in [0.1, 0.15) is 0 Å². The van der Waals surface area contributed by atoms with E-state index in [2.05, 4.69) is 86.6 Å². The van der Waals surface area contributed by atoms with Crippen molar-refractivity contribution in [1.29, 1.82) is 0 Å². The average Bonchev–Trinajstić information content (AvgIpc) is 2.80. The van der Waals surface area contributed by atoms with Gasteiger partial charge in [-0.25, -0.2) is 9.97 Å². The van der Waals surface area contributed by atoms with E-state index in [1.165, 1.54) is 11.1 Å². The minimum absolute atomic E-state index is 0.885. The molecular formula is C25H16N4. The molecule has 1 aliphatic heterocycles. The Kier molecular flexibility index (Phi) is 3.43. The van der Waals surface area contributed by atoms with Gasteiger partial charge in [0.25, 0.3) is 0 Å². The van der Waals surface area contributed by atoms with Gasteiger partial charge in [-0.15, -0.1) is 0 Å². The molecule has 0 saturated carbocycles. The number of aromatic nitrogens is 3. The van der Waals surface area contributed by atoms with Gasteiger partial charge < -0.3 is 0 Å². The monoisotopic (exact) mass is 372 g/mol. The fourth-order valence-corrected chi connectivity index (χ4v) is 4.11. The Bertz CT molecular complexity index is 1350. The van der Waals surface area contributed by atoms with Crippen molar-refractivity contribution < 1.29 is 0 Å². The molecule has 2 aromatic heterocycles. The summed E-state index contributed by atoms with van der Waals surface area (Å²) in [6.07, 6.45) is 5.30. The van der Waals surface area contributed by atoms with Crippen LogP contribution in [-0.4, -0.2) is 15.0 Å². The van der Waals surface area contributed by atoms with Crippen LogP contribution in [0, 0.1) is 0 Å². The summed E-state index contributed by atoms with van der Waals surface area (Å²) in [6, 6.07) is 27.3. The van der Waals surface area contributed by atoms with Crippen LogP contribution in [0.25, 0.3) is 33.2 Å². The minimum atomic E-state index is 0.885.